The molecule has 0 aromatic carbocycles. The van der Waals surface area contributed by atoms with Crippen molar-refractivity contribution in [1.29, 1.82) is 0 Å². The van der Waals surface area contributed by atoms with Crippen LogP contribution in [-0.2, 0) is 4.74 Å². The van der Waals surface area contributed by atoms with Crippen LogP contribution in [0.1, 0.15) is 237 Å². The molecule has 2 N–H and O–H groups in total. The Bertz CT molecular complexity index is 1520. The van der Waals surface area contributed by atoms with Gasteiger partial charge in [0.05, 0.1) is 23.4 Å². The van der Waals surface area contributed by atoms with Crippen molar-refractivity contribution in [2.24, 2.45) is 0 Å². The summed E-state index contributed by atoms with van der Waals surface area (Å²) in [6, 6.07) is 0. The van der Waals surface area contributed by atoms with E-state index in [-0.39, 0.29) is 0 Å². The van der Waals surface area contributed by atoms with E-state index in [0.29, 0.717) is 0 Å². The van der Waals surface area contributed by atoms with Crippen molar-refractivity contribution in [3.63, 3.8) is 0 Å². The summed E-state index contributed by atoms with van der Waals surface area (Å²) in [5.41, 5.74) is 13.5. The number of aliphatic hydroxyl groups excluding tert-OH is 2. The Morgan fingerprint density at radius 3 is 0.762 bits per heavy atom. The summed E-state index contributed by atoms with van der Waals surface area (Å²) < 4.78 is 6.71. The number of hydrogen-bond donors (Lipinski definition) is 2. The van der Waals surface area contributed by atoms with Gasteiger partial charge in [0.1, 0.15) is 0 Å². The smallest absolute Gasteiger partial charge is 0.0951 e. The van der Waals surface area contributed by atoms with Crippen molar-refractivity contribution < 1.29 is 14.9 Å². The van der Waals surface area contributed by atoms with E-state index in [1.54, 1.807) is 0 Å². The Hall–Kier alpha value is -2.72. The monoisotopic (exact) mass is 867 g/mol. The van der Waals surface area contributed by atoms with Gasteiger partial charge in [-0.05, 0) is 237 Å². The second-order valence-electron chi connectivity index (χ2n) is 20.7. The maximum absolute atomic E-state index is 11.3. The molecule has 2 fully saturated rings. The van der Waals surface area contributed by atoms with E-state index < -0.39 is 23.4 Å². The van der Waals surface area contributed by atoms with Crippen molar-refractivity contribution >= 4 is 0 Å². The van der Waals surface area contributed by atoms with Crippen molar-refractivity contribution in [3.05, 3.63) is 116 Å². The SMILES string of the molecule is CC(C)=CCCC(C)=CCCC(C)=CCCC=C(C)CCC=C(C)CCC(O)C1(OC2(C(O)CCC(C)=CCCC(C)=CCCC=C(C)CCC=C(C)CCC=C(C)C)CC2)CC1. The number of allylic oxidation sites excluding steroid dienone is 20. The number of ether oxygens (including phenoxy) is 1. The van der Waals surface area contributed by atoms with Crippen molar-refractivity contribution in [1.82, 2.24) is 0 Å². The summed E-state index contributed by atoms with van der Waals surface area (Å²) in [6.07, 6.45) is 47.7. The van der Waals surface area contributed by atoms with Crippen LogP contribution in [-0.4, -0.2) is 33.6 Å². The molecule has 2 atom stereocenters. The number of rotatable bonds is 34. The van der Waals surface area contributed by atoms with Gasteiger partial charge in [0.15, 0.2) is 0 Å². The highest BCUT2D eigenvalue weighted by Crippen LogP contribution is 2.55. The van der Waals surface area contributed by atoms with Crippen LogP contribution in [0.25, 0.3) is 0 Å². The van der Waals surface area contributed by atoms with Gasteiger partial charge in [-0.25, -0.2) is 0 Å². The number of unbranched alkanes of at least 4 members (excludes halogenated alkanes) is 2. The van der Waals surface area contributed by atoms with Gasteiger partial charge in [0, 0.05) is 0 Å². The van der Waals surface area contributed by atoms with E-state index in [2.05, 4.69) is 144 Å². The zero-order chi connectivity index (χ0) is 46.7. The summed E-state index contributed by atoms with van der Waals surface area (Å²) >= 11 is 0. The first kappa shape index (κ1) is 56.4. The molecule has 0 aliphatic heterocycles. The standard InChI is InChI=1S/C60H98O3/c1-47(2)23-17-29-53(9)35-19-31-49(5)25-13-15-27-51(7)33-21-37-55(11)39-41-57(61)59(43-44-59)63-60(45-46-60)58(62)42-40-56(12)38-22-34-52(8)28-16-14-26-50(6)32-20-36-54(10)30-18-24-48(3)4/h23-28,35-38,57-58,61-62H,13-22,29-34,39-46H2,1-12H3. The lowest BCUT2D eigenvalue weighted by atomic mass is 9.99. The molecule has 63 heavy (non-hydrogen) atoms. The third-order valence-corrected chi connectivity index (χ3v) is 13.3. The Morgan fingerprint density at radius 1 is 0.333 bits per heavy atom. The quantitative estimate of drug-likeness (QED) is 0.0500. The third kappa shape index (κ3) is 26.7. The lowest BCUT2D eigenvalue weighted by Crippen LogP contribution is -2.41. The predicted octanol–water partition coefficient (Wildman–Crippen LogP) is 18.1. The minimum absolute atomic E-state index is 0.463. The highest BCUT2D eigenvalue weighted by molar-refractivity contribution is 5.14. The third-order valence-electron chi connectivity index (χ3n) is 13.3. The maximum atomic E-state index is 11.3. The van der Waals surface area contributed by atoms with Crippen LogP contribution in [0.5, 0.6) is 0 Å². The maximum Gasteiger partial charge on any atom is 0.0951 e. The first-order chi connectivity index (χ1) is 29.9. The molecule has 2 aliphatic rings. The molecule has 2 rings (SSSR count). The van der Waals surface area contributed by atoms with Gasteiger partial charge in [-0.3, -0.25) is 0 Å². The van der Waals surface area contributed by atoms with Crippen LogP contribution >= 0.6 is 0 Å². The molecule has 0 radical (unpaired) electrons. The van der Waals surface area contributed by atoms with Gasteiger partial charge < -0.3 is 14.9 Å². The first-order valence-electron chi connectivity index (χ1n) is 25.5. The van der Waals surface area contributed by atoms with Crippen LogP contribution in [0.15, 0.2) is 116 Å². The lowest BCUT2D eigenvalue weighted by Gasteiger charge is -2.31. The van der Waals surface area contributed by atoms with E-state index in [1.165, 1.54) is 68.6 Å². The molecule has 2 aliphatic carbocycles. The van der Waals surface area contributed by atoms with Crippen LogP contribution in [0.3, 0.4) is 0 Å². The molecule has 356 valence electrons. The molecular formula is C60H98O3. The van der Waals surface area contributed by atoms with Gasteiger partial charge >= 0.3 is 0 Å². The molecule has 0 bridgehead atoms. The zero-order valence-corrected chi connectivity index (χ0v) is 43.2. The summed E-state index contributed by atoms with van der Waals surface area (Å²) in [5.74, 6) is 0. The molecule has 2 unspecified atom stereocenters. The molecule has 0 saturated heterocycles. The molecule has 0 spiro atoms. The summed E-state index contributed by atoms with van der Waals surface area (Å²) in [4.78, 5) is 0. The molecular weight excluding hydrogens is 769 g/mol. The average molecular weight is 867 g/mol. The fourth-order valence-electron chi connectivity index (χ4n) is 8.41. The van der Waals surface area contributed by atoms with E-state index >= 15 is 0 Å². The number of aliphatic hydroxyl groups is 2. The first-order valence-corrected chi connectivity index (χ1v) is 25.5. The highest BCUT2D eigenvalue weighted by atomic mass is 16.6. The van der Waals surface area contributed by atoms with Crippen LogP contribution in [0, 0.1) is 0 Å². The van der Waals surface area contributed by atoms with E-state index in [9.17, 15) is 10.2 Å². The number of hydrogen-bond acceptors (Lipinski definition) is 3. The van der Waals surface area contributed by atoms with E-state index in [1.807, 2.05) is 0 Å². The molecule has 0 aromatic heterocycles. The molecule has 3 heteroatoms. The van der Waals surface area contributed by atoms with Gasteiger partial charge in [0.2, 0.25) is 0 Å². The minimum Gasteiger partial charge on any atom is -0.390 e. The van der Waals surface area contributed by atoms with Gasteiger partial charge in [-0.2, -0.15) is 0 Å². The van der Waals surface area contributed by atoms with Gasteiger partial charge in [0.25, 0.3) is 0 Å². The largest absolute Gasteiger partial charge is 0.390 e. The fourth-order valence-corrected chi connectivity index (χ4v) is 8.41. The molecule has 2 saturated carbocycles. The van der Waals surface area contributed by atoms with Crippen LogP contribution in [0.2, 0.25) is 0 Å². The Kier molecular flexibility index (Phi) is 28.0. The van der Waals surface area contributed by atoms with Crippen LogP contribution < -0.4 is 0 Å². The normalized spacial score (nSPS) is 18.4. The van der Waals surface area contributed by atoms with Gasteiger partial charge in [-0.15, -0.1) is 0 Å². The molecule has 0 aromatic rings. The highest BCUT2D eigenvalue weighted by Gasteiger charge is 2.60. The van der Waals surface area contributed by atoms with Gasteiger partial charge in [-0.1, -0.05) is 116 Å². The lowest BCUT2D eigenvalue weighted by molar-refractivity contribution is -0.148. The average Bonchev–Trinajstić information content (AvgIpc) is 4.17. The second kappa shape index (κ2) is 31.2. The minimum atomic E-state index is -0.478. The van der Waals surface area contributed by atoms with Crippen molar-refractivity contribution in [3.8, 4) is 0 Å². The molecule has 3 nitrogen and oxygen atoms in total. The topological polar surface area (TPSA) is 49.7 Å². The van der Waals surface area contributed by atoms with E-state index in [4.69, 9.17) is 4.74 Å². The summed E-state index contributed by atoms with van der Waals surface area (Å²) in [5, 5.41) is 22.6. The Balaban J connectivity index is 1.64. The second-order valence-corrected chi connectivity index (χ2v) is 20.7. The molecule has 0 amide bonds. The van der Waals surface area contributed by atoms with Crippen molar-refractivity contribution in [2.75, 3.05) is 0 Å². The van der Waals surface area contributed by atoms with E-state index in [0.717, 1.165) is 141 Å². The summed E-state index contributed by atoms with van der Waals surface area (Å²) in [6.45, 7) is 26.7. The fraction of sp³-hybridized carbons (Fsp3) is 0.667. The Labute approximate surface area is 390 Å². The predicted molar refractivity (Wildman–Crippen MR) is 278 cm³/mol. The van der Waals surface area contributed by atoms with Crippen LogP contribution in [0.4, 0.5) is 0 Å². The Morgan fingerprint density at radius 2 is 0.540 bits per heavy atom. The molecule has 0 heterocycles. The summed E-state index contributed by atoms with van der Waals surface area (Å²) in [7, 11) is 0. The van der Waals surface area contributed by atoms with Crippen molar-refractivity contribution in [2.45, 2.75) is 261 Å². The zero-order valence-electron chi connectivity index (χ0n) is 43.2.